The Labute approximate surface area is 148 Å². The fourth-order valence-electron chi connectivity index (χ4n) is 2.37. The topological polar surface area (TPSA) is 45.6 Å². The zero-order chi connectivity index (χ0) is 15.1. The third-order valence-electron chi connectivity index (χ3n) is 3.60. The van der Waals surface area contributed by atoms with Gasteiger partial charge in [-0.25, -0.2) is 4.39 Å². The van der Waals surface area contributed by atoms with Gasteiger partial charge in [0.2, 0.25) is 0 Å². The summed E-state index contributed by atoms with van der Waals surface area (Å²) in [5.41, 5.74) is 0.793. The molecule has 0 aromatic heterocycles. The van der Waals surface area contributed by atoms with E-state index in [0.29, 0.717) is 0 Å². The van der Waals surface area contributed by atoms with Crippen LogP contribution in [-0.4, -0.2) is 38.8 Å². The molecule has 1 fully saturated rings. The van der Waals surface area contributed by atoms with Gasteiger partial charge in [0.1, 0.15) is 5.82 Å². The lowest BCUT2D eigenvalue weighted by molar-refractivity contribution is 0.145. The third kappa shape index (κ3) is 5.72. The SMILES string of the molecule is CCOCCCNC(=NC)NC1CC1c1ccccc1F.I. The summed E-state index contributed by atoms with van der Waals surface area (Å²) in [6.07, 6.45) is 1.89. The van der Waals surface area contributed by atoms with Gasteiger partial charge in [-0.15, -0.1) is 24.0 Å². The van der Waals surface area contributed by atoms with Crippen LogP contribution in [0.2, 0.25) is 0 Å². The summed E-state index contributed by atoms with van der Waals surface area (Å²) in [5, 5.41) is 6.59. The molecule has 0 aliphatic heterocycles. The first-order valence-electron chi connectivity index (χ1n) is 7.55. The van der Waals surface area contributed by atoms with Crippen molar-refractivity contribution in [2.45, 2.75) is 31.7 Å². The van der Waals surface area contributed by atoms with Gasteiger partial charge in [-0.1, -0.05) is 18.2 Å². The number of nitrogens with zero attached hydrogens (tertiary/aromatic N) is 1. The lowest BCUT2D eigenvalue weighted by Gasteiger charge is -2.12. The van der Waals surface area contributed by atoms with Gasteiger partial charge in [0.15, 0.2) is 5.96 Å². The monoisotopic (exact) mass is 421 g/mol. The molecule has 1 saturated carbocycles. The molecule has 0 saturated heterocycles. The summed E-state index contributed by atoms with van der Waals surface area (Å²) in [6.45, 7) is 4.31. The highest BCUT2D eigenvalue weighted by molar-refractivity contribution is 14.0. The van der Waals surface area contributed by atoms with E-state index in [1.54, 1.807) is 13.1 Å². The van der Waals surface area contributed by atoms with E-state index in [9.17, 15) is 4.39 Å². The minimum atomic E-state index is -0.119. The van der Waals surface area contributed by atoms with Crippen molar-refractivity contribution in [3.63, 3.8) is 0 Å². The summed E-state index contributed by atoms with van der Waals surface area (Å²) in [6, 6.07) is 7.25. The normalized spacial score (nSPS) is 20.2. The number of rotatable bonds is 7. The van der Waals surface area contributed by atoms with E-state index in [1.807, 2.05) is 19.1 Å². The van der Waals surface area contributed by atoms with Crippen LogP contribution in [0.1, 0.15) is 31.2 Å². The zero-order valence-electron chi connectivity index (χ0n) is 13.1. The first-order chi connectivity index (χ1) is 10.3. The molecule has 124 valence electrons. The van der Waals surface area contributed by atoms with Crippen molar-refractivity contribution in [3.8, 4) is 0 Å². The van der Waals surface area contributed by atoms with Crippen molar-refractivity contribution >= 4 is 29.9 Å². The predicted octanol–water partition coefficient (Wildman–Crippen LogP) is 2.89. The van der Waals surface area contributed by atoms with Crippen LogP contribution < -0.4 is 10.6 Å². The highest BCUT2D eigenvalue weighted by Gasteiger charge is 2.40. The molecule has 1 aromatic rings. The second kappa shape index (κ2) is 9.99. The molecule has 0 heterocycles. The Bertz CT molecular complexity index is 484. The highest BCUT2D eigenvalue weighted by Crippen LogP contribution is 2.41. The van der Waals surface area contributed by atoms with Gasteiger partial charge in [-0.3, -0.25) is 4.99 Å². The minimum Gasteiger partial charge on any atom is -0.382 e. The molecule has 2 atom stereocenters. The number of hydrogen-bond donors (Lipinski definition) is 2. The number of halogens is 2. The van der Waals surface area contributed by atoms with Crippen LogP contribution >= 0.6 is 24.0 Å². The van der Waals surface area contributed by atoms with Crippen molar-refractivity contribution < 1.29 is 9.13 Å². The van der Waals surface area contributed by atoms with E-state index in [4.69, 9.17) is 4.74 Å². The maximum atomic E-state index is 13.7. The van der Waals surface area contributed by atoms with Gasteiger partial charge in [0, 0.05) is 38.8 Å². The Morgan fingerprint density at radius 2 is 2.18 bits per heavy atom. The average molecular weight is 421 g/mol. The second-order valence-electron chi connectivity index (χ2n) is 5.16. The zero-order valence-corrected chi connectivity index (χ0v) is 15.5. The summed E-state index contributed by atoms with van der Waals surface area (Å²) in [4.78, 5) is 4.20. The molecule has 22 heavy (non-hydrogen) atoms. The van der Waals surface area contributed by atoms with Crippen LogP contribution in [-0.2, 0) is 4.74 Å². The Kier molecular flexibility index (Phi) is 8.70. The fourth-order valence-corrected chi connectivity index (χ4v) is 2.37. The molecule has 0 bridgehead atoms. The summed E-state index contributed by atoms with van der Waals surface area (Å²) >= 11 is 0. The van der Waals surface area contributed by atoms with Crippen molar-refractivity contribution in [1.82, 2.24) is 10.6 Å². The van der Waals surface area contributed by atoms with Gasteiger partial charge >= 0.3 is 0 Å². The lowest BCUT2D eigenvalue weighted by atomic mass is 10.1. The van der Waals surface area contributed by atoms with Crippen molar-refractivity contribution in [2.75, 3.05) is 26.8 Å². The maximum absolute atomic E-state index is 13.7. The molecular formula is C16H25FIN3O. The smallest absolute Gasteiger partial charge is 0.191 e. The van der Waals surface area contributed by atoms with Crippen molar-refractivity contribution in [3.05, 3.63) is 35.6 Å². The van der Waals surface area contributed by atoms with Gasteiger partial charge in [0.25, 0.3) is 0 Å². The number of nitrogens with one attached hydrogen (secondary N) is 2. The molecule has 2 rings (SSSR count). The van der Waals surface area contributed by atoms with Crippen LogP contribution in [0, 0.1) is 5.82 Å². The largest absolute Gasteiger partial charge is 0.382 e. The molecule has 2 N–H and O–H groups in total. The maximum Gasteiger partial charge on any atom is 0.191 e. The van der Waals surface area contributed by atoms with E-state index in [1.165, 1.54) is 6.07 Å². The van der Waals surface area contributed by atoms with Crippen LogP contribution in [0.3, 0.4) is 0 Å². The molecule has 1 aliphatic rings. The number of ether oxygens (including phenoxy) is 1. The molecular weight excluding hydrogens is 396 g/mol. The average Bonchev–Trinajstić information content (AvgIpc) is 3.25. The number of benzene rings is 1. The van der Waals surface area contributed by atoms with E-state index >= 15 is 0 Å². The minimum absolute atomic E-state index is 0. The van der Waals surface area contributed by atoms with Gasteiger partial charge in [-0.2, -0.15) is 0 Å². The first kappa shape index (κ1) is 19.2. The summed E-state index contributed by atoms with van der Waals surface area (Å²) in [5.74, 6) is 0.898. The molecule has 6 heteroatoms. The first-order valence-corrected chi connectivity index (χ1v) is 7.55. The number of guanidine groups is 1. The lowest BCUT2D eigenvalue weighted by Crippen LogP contribution is -2.39. The van der Waals surface area contributed by atoms with E-state index < -0.39 is 0 Å². The molecule has 0 spiro atoms. The summed E-state index contributed by atoms with van der Waals surface area (Å²) < 4.78 is 19.0. The molecule has 1 aromatic carbocycles. The quantitative estimate of drug-likeness (QED) is 0.308. The van der Waals surface area contributed by atoms with Crippen LogP contribution in [0.5, 0.6) is 0 Å². The van der Waals surface area contributed by atoms with Gasteiger partial charge in [0.05, 0.1) is 0 Å². The van der Waals surface area contributed by atoms with Gasteiger partial charge < -0.3 is 15.4 Å². The molecule has 0 radical (unpaired) electrons. The Morgan fingerprint density at radius 1 is 1.41 bits per heavy atom. The number of aliphatic imine (C=N–C) groups is 1. The van der Waals surface area contributed by atoms with Crippen molar-refractivity contribution in [1.29, 1.82) is 0 Å². The van der Waals surface area contributed by atoms with Gasteiger partial charge in [-0.05, 0) is 31.4 Å². The predicted molar refractivity (Wildman–Crippen MR) is 98.6 cm³/mol. The Balaban J connectivity index is 0.00000242. The Morgan fingerprint density at radius 3 is 2.86 bits per heavy atom. The van der Waals surface area contributed by atoms with Crippen molar-refractivity contribution in [2.24, 2.45) is 4.99 Å². The fraction of sp³-hybridized carbons (Fsp3) is 0.562. The number of hydrogen-bond acceptors (Lipinski definition) is 2. The highest BCUT2D eigenvalue weighted by atomic mass is 127. The van der Waals surface area contributed by atoms with E-state index in [0.717, 1.165) is 44.1 Å². The second-order valence-corrected chi connectivity index (χ2v) is 5.16. The van der Waals surface area contributed by atoms with E-state index in [2.05, 4.69) is 15.6 Å². The van der Waals surface area contributed by atoms with Crippen LogP contribution in [0.4, 0.5) is 4.39 Å². The van der Waals surface area contributed by atoms with E-state index in [-0.39, 0.29) is 41.8 Å². The van der Waals surface area contributed by atoms with Crippen LogP contribution in [0.15, 0.2) is 29.3 Å². The molecule has 1 aliphatic carbocycles. The van der Waals surface area contributed by atoms with Crippen LogP contribution in [0.25, 0.3) is 0 Å². The molecule has 2 unspecified atom stereocenters. The standard InChI is InChI=1S/C16H24FN3O.HI/c1-3-21-10-6-9-19-16(18-2)20-15-11-13(15)12-7-4-5-8-14(12)17;/h4-5,7-8,13,15H,3,6,9-11H2,1-2H3,(H2,18,19,20);1H. The summed E-state index contributed by atoms with van der Waals surface area (Å²) in [7, 11) is 1.75. The third-order valence-corrected chi connectivity index (χ3v) is 3.60. The molecule has 4 nitrogen and oxygen atoms in total. The Hall–Kier alpha value is -0.890. The molecule has 0 amide bonds.